The molecule has 0 aliphatic carbocycles. The number of benzene rings is 5. The first-order valence-electron chi connectivity index (χ1n) is 16.1. The van der Waals surface area contributed by atoms with E-state index in [9.17, 15) is 28.3 Å². The molecule has 0 saturated carbocycles. The number of aryl methyl sites for hydroxylation is 2. The van der Waals surface area contributed by atoms with Crippen LogP contribution >= 0.6 is 12.0 Å². The van der Waals surface area contributed by atoms with E-state index in [1.807, 2.05) is 6.92 Å². The lowest BCUT2D eigenvalue weighted by atomic mass is 10.1. The smallest absolute Gasteiger partial charge is 0.296 e. The van der Waals surface area contributed by atoms with Crippen molar-refractivity contribution in [3.05, 3.63) is 77.9 Å². The monoisotopic (exact) mass is 809 g/mol. The largest absolute Gasteiger partial charge is 0.505 e. The van der Waals surface area contributed by atoms with Gasteiger partial charge in [-0.05, 0) is 72.8 Å². The number of nitrogens with two attached hydrogens (primary N) is 1. The van der Waals surface area contributed by atoms with E-state index < -0.39 is 27.7 Å². The molecule has 5 aromatic carbocycles. The molecule has 1 atom stereocenters. The minimum Gasteiger partial charge on any atom is -0.505 e. The second kappa shape index (κ2) is 18.2. The second-order valence-corrected chi connectivity index (χ2v) is 13.9. The van der Waals surface area contributed by atoms with Crippen molar-refractivity contribution in [2.24, 2.45) is 30.7 Å². The van der Waals surface area contributed by atoms with Crippen molar-refractivity contribution in [3.63, 3.8) is 0 Å². The molecule has 5 rings (SSSR count). The Hall–Kier alpha value is -5.78. The van der Waals surface area contributed by atoms with Gasteiger partial charge in [-0.1, -0.05) is 11.1 Å². The second-order valence-electron chi connectivity index (χ2n) is 11.7. The summed E-state index contributed by atoms with van der Waals surface area (Å²) in [7, 11) is -1.89. The number of aromatic hydroxyl groups is 1. The van der Waals surface area contributed by atoms with Crippen LogP contribution in [-0.2, 0) is 19.5 Å². The maximum Gasteiger partial charge on any atom is 0.296 e. The van der Waals surface area contributed by atoms with Crippen LogP contribution in [0.4, 0.5) is 39.8 Å². The van der Waals surface area contributed by atoms with Crippen LogP contribution in [0.2, 0.25) is 0 Å². The number of rotatable bonds is 16. The highest BCUT2D eigenvalue weighted by atomic mass is 32.2. The van der Waals surface area contributed by atoms with Crippen LogP contribution in [0, 0.1) is 13.8 Å². The Morgan fingerprint density at radius 3 is 2.16 bits per heavy atom. The third-order valence-corrected chi connectivity index (χ3v) is 9.40. The van der Waals surface area contributed by atoms with Crippen molar-refractivity contribution in [3.8, 4) is 23.0 Å². The van der Waals surface area contributed by atoms with Crippen molar-refractivity contribution in [2.45, 2.75) is 29.7 Å². The lowest BCUT2D eigenvalue weighted by molar-refractivity contribution is -0.432. The fraction of sp³-hybridized carbons (Fsp3) is 0.200. The van der Waals surface area contributed by atoms with E-state index in [0.29, 0.717) is 51.2 Å². The lowest BCUT2D eigenvalue weighted by Gasteiger charge is -2.13. The van der Waals surface area contributed by atoms with Gasteiger partial charge >= 0.3 is 0 Å². The number of aliphatic hydroxyl groups excluding tert-OH is 2. The number of fused-ring (bicyclic) bond motifs is 1. The quantitative estimate of drug-likeness (QED) is 0.0136. The van der Waals surface area contributed by atoms with Gasteiger partial charge in [-0.2, -0.15) is 23.8 Å². The fourth-order valence-electron chi connectivity index (χ4n) is 5.02. The van der Waals surface area contributed by atoms with Crippen molar-refractivity contribution < 1.29 is 57.1 Å². The molecule has 21 heteroatoms. The third-order valence-electron chi connectivity index (χ3n) is 7.90. The van der Waals surface area contributed by atoms with Crippen LogP contribution in [0.25, 0.3) is 10.8 Å². The maximum atomic E-state index is 12.0. The van der Waals surface area contributed by atoms with E-state index in [1.54, 1.807) is 43.3 Å². The predicted octanol–water partition coefficient (Wildman–Crippen LogP) is 8.41. The highest BCUT2D eigenvalue weighted by Crippen LogP contribution is 2.46. The summed E-state index contributed by atoms with van der Waals surface area (Å²) < 4.78 is 54.5. The van der Waals surface area contributed by atoms with Gasteiger partial charge in [0.15, 0.2) is 5.75 Å². The summed E-state index contributed by atoms with van der Waals surface area (Å²) in [6.07, 6.45) is -1.27. The number of phenolic OH excluding ortho intramolecular Hbond substituents is 1. The maximum absolute atomic E-state index is 12.0. The van der Waals surface area contributed by atoms with Crippen LogP contribution in [-0.4, -0.2) is 67.1 Å². The third kappa shape index (κ3) is 9.90. The minimum absolute atomic E-state index is 0.00718. The van der Waals surface area contributed by atoms with E-state index in [2.05, 4.69) is 40.1 Å². The Morgan fingerprint density at radius 2 is 1.48 bits per heavy atom. The molecular weight excluding hydrogens is 775 g/mol. The SMILES string of the molecule is COc1ccc(N=Nc2cc(OCC(O)CO)c(N=Nc3c(SOOO)cc4ccc(N=Nc5cc(OC)c(N)cc5C)cc4c3O)cc2C)c(S(=O)(=O)O)c1. The standard InChI is InChI=1S/C35H35N7O12S2/c1-18-9-25(36)30(51-4)14-27(18)39-37-21-6-5-20-11-32(55-54-53-46)34(35(45)24(20)12-21)42-41-29-10-19(2)28(15-31(29)52-17-22(44)16-43)40-38-26-8-7-23(50-3)13-33(26)56(47,48)49/h5-15,22,43-46H,16-17,36H2,1-4H3,(H,47,48,49). The molecule has 1 unspecified atom stereocenters. The number of hydrogen-bond acceptors (Lipinski definition) is 19. The first kappa shape index (κ1) is 41.4. The highest BCUT2D eigenvalue weighted by molar-refractivity contribution is 7.94. The Morgan fingerprint density at radius 1 is 0.804 bits per heavy atom. The Bertz CT molecular complexity index is 2450. The van der Waals surface area contributed by atoms with Gasteiger partial charge in [-0.3, -0.25) is 4.55 Å². The zero-order chi connectivity index (χ0) is 40.6. The number of azo groups is 3. The summed E-state index contributed by atoms with van der Waals surface area (Å²) in [4.78, 5) is -0.375. The number of nitrogens with zero attached hydrogens (tertiary/aromatic N) is 6. The number of nitrogen functional groups attached to an aromatic ring is 1. The topological polar surface area (TPSA) is 282 Å². The van der Waals surface area contributed by atoms with Gasteiger partial charge in [0, 0.05) is 23.6 Å². The zero-order valence-electron chi connectivity index (χ0n) is 30.0. The molecule has 7 N–H and O–H groups in total. The fourth-order valence-corrected chi connectivity index (χ4v) is 6.16. The van der Waals surface area contributed by atoms with E-state index in [1.165, 1.54) is 38.5 Å². The average Bonchev–Trinajstić information content (AvgIpc) is 3.18. The molecule has 0 spiro atoms. The van der Waals surface area contributed by atoms with Crippen LogP contribution in [0.5, 0.6) is 23.0 Å². The zero-order valence-corrected chi connectivity index (χ0v) is 31.6. The number of ether oxygens (including phenoxy) is 3. The molecule has 0 aromatic heterocycles. The van der Waals surface area contributed by atoms with Crippen molar-refractivity contribution in [1.82, 2.24) is 0 Å². The van der Waals surface area contributed by atoms with Gasteiger partial charge in [0.05, 0.1) is 60.5 Å². The molecule has 19 nitrogen and oxygen atoms in total. The van der Waals surface area contributed by atoms with Crippen molar-refractivity contribution >= 4 is 72.7 Å². The number of aliphatic hydroxyl groups is 2. The summed E-state index contributed by atoms with van der Waals surface area (Å²) >= 11 is 0.528. The summed E-state index contributed by atoms with van der Waals surface area (Å²) in [5.74, 6) is 0.233. The van der Waals surface area contributed by atoms with Gasteiger partial charge in [0.2, 0.25) is 0 Å². The van der Waals surface area contributed by atoms with E-state index in [0.717, 1.165) is 11.6 Å². The Kier molecular flexibility index (Phi) is 13.5. The molecule has 0 amide bonds. The van der Waals surface area contributed by atoms with Crippen LogP contribution < -0.4 is 19.9 Å². The normalized spacial score (nSPS) is 12.6. The molecule has 0 saturated heterocycles. The van der Waals surface area contributed by atoms with Gasteiger partial charge in [0.1, 0.15) is 51.9 Å². The van der Waals surface area contributed by atoms with E-state index >= 15 is 0 Å². The van der Waals surface area contributed by atoms with Crippen molar-refractivity contribution in [2.75, 3.05) is 33.2 Å². The molecule has 56 heavy (non-hydrogen) atoms. The summed E-state index contributed by atoms with van der Waals surface area (Å²) in [5.41, 5.74) is 8.45. The Balaban J connectivity index is 1.56. The van der Waals surface area contributed by atoms with E-state index in [-0.39, 0.29) is 51.5 Å². The molecule has 0 bridgehead atoms. The van der Waals surface area contributed by atoms with Gasteiger partial charge in [-0.15, -0.1) is 19.7 Å². The van der Waals surface area contributed by atoms with E-state index in [4.69, 9.17) is 25.2 Å². The predicted molar refractivity (Wildman–Crippen MR) is 204 cm³/mol. The summed E-state index contributed by atoms with van der Waals surface area (Å²) in [6, 6.07) is 16.5. The average molecular weight is 810 g/mol. The van der Waals surface area contributed by atoms with Gasteiger partial charge in [0.25, 0.3) is 10.1 Å². The molecule has 0 radical (unpaired) electrons. The van der Waals surface area contributed by atoms with Gasteiger partial charge in [-0.25, -0.2) is 5.26 Å². The molecular formula is C35H35N7O12S2. The molecule has 0 heterocycles. The molecule has 5 aromatic rings. The number of hydrogen-bond donors (Lipinski definition) is 6. The Labute approximate surface area is 323 Å². The van der Waals surface area contributed by atoms with Crippen LogP contribution in [0.15, 0.2) is 107 Å². The summed E-state index contributed by atoms with van der Waals surface area (Å²) in [5, 5.41) is 69.7. The highest BCUT2D eigenvalue weighted by Gasteiger charge is 2.19. The minimum atomic E-state index is -4.71. The molecule has 0 aliphatic heterocycles. The first-order chi connectivity index (χ1) is 26.8. The summed E-state index contributed by atoms with van der Waals surface area (Å²) in [6.45, 7) is 2.46. The number of anilines is 1. The first-order valence-corrected chi connectivity index (χ1v) is 18.3. The molecule has 0 aliphatic rings. The van der Waals surface area contributed by atoms with Gasteiger partial charge < -0.3 is 35.3 Å². The number of methoxy groups -OCH3 is 2. The van der Waals surface area contributed by atoms with Crippen LogP contribution in [0.3, 0.4) is 0 Å². The number of phenols is 1. The van der Waals surface area contributed by atoms with Crippen molar-refractivity contribution in [1.29, 1.82) is 0 Å². The molecule has 294 valence electrons. The van der Waals surface area contributed by atoms with Crippen LogP contribution in [0.1, 0.15) is 11.1 Å². The lowest BCUT2D eigenvalue weighted by Crippen LogP contribution is -2.21. The molecule has 0 fully saturated rings.